The fourth-order valence-corrected chi connectivity index (χ4v) is 1.69. The molecule has 0 aliphatic carbocycles. The van der Waals surface area contributed by atoms with Crippen molar-refractivity contribution in [2.45, 2.75) is 5.16 Å². The first-order chi connectivity index (χ1) is 8.51. The van der Waals surface area contributed by atoms with Gasteiger partial charge in [0.15, 0.2) is 11.0 Å². The Kier molecular flexibility index (Phi) is 3.37. The van der Waals surface area contributed by atoms with Crippen LogP contribution in [0, 0.1) is 17.5 Å². The summed E-state index contributed by atoms with van der Waals surface area (Å²) in [7, 11) is 0. The van der Waals surface area contributed by atoms with Crippen molar-refractivity contribution < 1.29 is 13.2 Å². The van der Waals surface area contributed by atoms with E-state index in [4.69, 9.17) is 5.73 Å². The number of aromatic nitrogens is 3. The number of nitrogens with zero attached hydrogens (tertiary/aromatic N) is 3. The van der Waals surface area contributed by atoms with Crippen LogP contribution in [0.1, 0.15) is 0 Å². The van der Waals surface area contributed by atoms with Gasteiger partial charge in [0.05, 0.1) is 5.56 Å². The van der Waals surface area contributed by atoms with E-state index in [9.17, 15) is 13.2 Å². The molecular formula is C10H7F3N4S. The van der Waals surface area contributed by atoms with E-state index in [1.54, 1.807) is 6.26 Å². The molecule has 0 saturated carbocycles. The Labute approximate surface area is 104 Å². The Morgan fingerprint density at radius 3 is 2.22 bits per heavy atom. The second kappa shape index (κ2) is 4.81. The Hall–Kier alpha value is -1.83. The minimum absolute atomic E-state index is 0.160. The summed E-state index contributed by atoms with van der Waals surface area (Å²) in [4.78, 5) is 11.2. The fraction of sp³-hybridized carbons (Fsp3) is 0.100. The predicted molar refractivity (Wildman–Crippen MR) is 61.3 cm³/mol. The van der Waals surface area contributed by atoms with Gasteiger partial charge in [-0.25, -0.2) is 18.2 Å². The highest BCUT2D eigenvalue weighted by molar-refractivity contribution is 7.98. The van der Waals surface area contributed by atoms with Gasteiger partial charge in [0, 0.05) is 12.1 Å². The molecule has 94 valence electrons. The van der Waals surface area contributed by atoms with Crippen LogP contribution in [-0.4, -0.2) is 21.2 Å². The molecule has 0 radical (unpaired) electrons. The number of benzene rings is 1. The number of nitrogens with two attached hydrogens (primary N) is 1. The van der Waals surface area contributed by atoms with E-state index in [0.717, 1.165) is 11.8 Å². The van der Waals surface area contributed by atoms with Crippen molar-refractivity contribution in [3.05, 3.63) is 29.6 Å². The molecule has 2 aromatic rings. The van der Waals surface area contributed by atoms with Gasteiger partial charge < -0.3 is 5.73 Å². The molecule has 0 unspecified atom stereocenters. The fourth-order valence-electron chi connectivity index (χ4n) is 1.33. The van der Waals surface area contributed by atoms with Gasteiger partial charge >= 0.3 is 0 Å². The monoisotopic (exact) mass is 272 g/mol. The first-order valence-electron chi connectivity index (χ1n) is 4.71. The molecule has 0 aliphatic rings. The highest BCUT2D eigenvalue weighted by Gasteiger charge is 2.17. The SMILES string of the molecule is CSc1nc(N)nc(-c2c(F)cc(F)cc2F)n1. The summed E-state index contributed by atoms with van der Waals surface area (Å²) in [5.74, 6) is -3.62. The summed E-state index contributed by atoms with van der Waals surface area (Å²) >= 11 is 1.15. The zero-order chi connectivity index (χ0) is 13.3. The number of nitrogen functional groups attached to an aromatic ring is 1. The number of hydrogen-bond acceptors (Lipinski definition) is 5. The predicted octanol–water partition coefficient (Wildman–Crippen LogP) is 2.26. The van der Waals surface area contributed by atoms with Crippen molar-refractivity contribution in [1.29, 1.82) is 0 Å². The van der Waals surface area contributed by atoms with Crippen LogP contribution < -0.4 is 5.73 Å². The molecule has 0 amide bonds. The molecule has 1 aromatic carbocycles. The number of thioether (sulfide) groups is 1. The molecule has 2 rings (SSSR count). The lowest BCUT2D eigenvalue weighted by Crippen LogP contribution is -2.04. The lowest BCUT2D eigenvalue weighted by Gasteiger charge is -2.05. The molecule has 0 fully saturated rings. The van der Waals surface area contributed by atoms with Crippen LogP contribution in [0.4, 0.5) is 19.1 Å². The Balaban J connectivity index is 2.65. The third kappa shape index (κ3) is 2.37. The summed E-state index contributed by atoms with van der Waals surface area (Å²) in [5.41, 5.74) is 4.88. The van der Waals surface area contributed by atoms with Gasteiger partial charge in [0.1, 0.15) is 17.5 Å². The number of anilines is 1. The van der Waals surface area contributed by atoms with Gasteiger partial charge in [-0.2, -0.15) is 9.97 Å². The van der Waals surface area contributed by atoms with Gasteiger partial charge in [-0.15, -0.1) is 0 Å². The topological polar surface area (TPSA) is 64.7 Å². The minimum atomic E-state index is -1.09. The van der Waals surface area contributed by atoms with E-state index < -0.39 is 23.0 Å². The Morgan fingerprint density at radius 2 is 1.67 bits per heavy atom. The molecule has 0 bridgehead atoms. The summed E-state index contributed by atoms with van der Waals surface area (Å²) in [6.07, 6.45) is 1.68. The second-order valence-electron chi connectivity index (χ2n) is 3.25. The highest BCUT2D eigenvalue weighted by atomic mass is 32.2. The van der Waals surface area contributed by atoms with Gasteiger partial charge in [0.25, 0.3) is 0 Å². The molecule has 0 atom stereocenters. The second-order valence-corrected chi connectivity index (χ2v) is 4.02. The first-order valence-corrected chi connectivity index (χ1v) is 5.94. The van der Waals surface area contributed by atoms with Crippen molar-refractivity contribution in [2.75, 3.05) is 12.0 Å². The van der Waals surface area contributed by atoms with Gasteiger partial charge in [-0.3, -0.25) is 0 Å². The molecule has 8 heteroatoms. The molecule has 1 heterocycles. The van der Waals surface area contributed by atoms with Crippen LogP contribution >= 0.6 is 11.8 Å². The highest BCUT2D eigenvalue weighted by Crippen LogP contribution is 2.25. The molecule has 0 aliphatic heterocycles. The number of halogens is 3. The first kappa shape index (κ1) is 12.6. The molecule has 2 N–H and O–H groups in total. The van der Waals surface area contributed by atoms with Crippen LogP contribution in [0.25, 0.3) is 11.4 Å². The van der Waals surface area contributed by atoms with E-state index in [2.05, 4.69) is 15.0 Å². The molecule has 1 aromatic heterocycles. The van der Waals surface area contributed by atoms with Crippen LogP contribution in [0.15, 0.2) is 17.3 Å². The average molecular weight is 272 g/mol. The van der Waals surface area contributed by atoms with Crippen LogP contribution in [0.5, 0.6) is 0 Å². The smallest absolute Gasteiger partial charge is 0.224 e. The van der Waals surface area contributed by atoms with Crippen molar-refractivity contribution >= 4 is 17.7 Å². The molecule has 4 nitrogen and oxygen atoms in total. The Morgan fingerprint density at radius 1 is 1.06 bits per heavy atom. The van der Waals surface area contributed by atoms with E-state index >= 15 is 0 Å². The number of hydrogen-bond donors (Lipinski definition) is 1. The lowest BCUT2D eigenvalue weighted by molar-refractivity contribution is 0.546. The third-order valence-corrected chi connectivity index (χ3v) is 2.59. The lowest BCUT2D eigenvalue weighted by atomic mass is 10.2. The van der Waals surface area contributed by atoms with Crippen molar-refractivity contribution in [3.8, 4) is 11.4 Å². The summed E-state index contributed by atoms with van der Waals surface area (Å²) in [6.45, 7) is 0. The molecule has 18 heavy (non-hydrogen) atoms. The van der Waals surface area contributed by atoms with Crippen molar-refractivity contribution in [3.63, 3.8) is 0 Å². The summed E-state index contributed by atoms with van der Waals surface area (Å²) in [6, 6.07) is 1.11. The normalized spacial score (nSPS) is 10.7. The van der Waals surface area contributed by atoms with Crippen LogP contribution in [0.3, 0.4) is 0 Å². The molecule has 0 spiro atoms. The molecule has 0 saturated heterocycles. The van der Waals surface area contributed by atoms with Crippen LogP contribution in [0.2, 0.25) is 0 Å². The maximum atomic E-state index is 13.5. The maximum Gasteiger partial charge on any atom is 0.224 e. The van der Waals surface area contributed by atoms with Crippen LogP contribution in [-0.2, 0) is 0 Å². The van der Waals surface area contributed by atoms with E-state index in [1.807, 2.05) is 0 Å². The van der Waals surface area contributed by atoms with E-state index in [-0.39, 0.29) is 16.9 Å². The van der Waals surface area contributed by atoms with E-state index in [0.29, 0.717) is 12.1 Å². The zero-order valence-corrected chi connectivity index (χ0v) is 9.93. The van der Waals surface area contributed by atoms with Crippen molar-refractivity contribution in [1.82, 2.24) is 15.0 Å². The quantitative estimate of drug-likeness (QED) is 0.849. The van der Waals surface area contributed by atoms with Gasteiger partial charge in [0.2, 0.25) is 5.95 Å². The largest absolute Gasteiger partial charge is 0.368 e. The summed E-state index contributed by atoms with van der Waals surface area (Å²) in [5, 5.41) is 0.223. The maximum absolute atomic E-state index is 13.5. The van der Waals surface area contributed by atoms with Gasteiger partial charge in [-0.1, -0.05) is 11.8 Å². The number of rotatable bonds is 2. The van der Waals surface area contributed by atoms with Gasteiger partial charge in [-0.05, 0) is 6.26 Å². The molecular weight excluding hydrogens is 265 g/mol. The Bertz CT molecular complexity index is 583. The van der Waals surface area contributed by atoms with Crippen molar-refractivity contribution in [2.24, 2.45) is 0 Å². The van der Waals surface area contributed by atoms with E-state index in [1.165, 1.54) is 0 Å². The zero-order valence-electron chi connectivity index (χ0n) is 9.12. The summed E-state index contributed by atoms with van der Waals surface area (Å²) < 4.78 is 39.9. The minimum Gasteiger partial charge on any atom is -0.368 e. The third-order valence-electron chi connectivity index (χ3n) is 2.05. The standard InChI is InChI=1S/C10H7F3N4S/c1-18-10-16-8(15-9(14)17-10)7-5(12)2-4(11)3-6(7)13/h2-3H,1H3,(H2,14,15,16,17). The average Bonchev–Trinajstić information content (AvgIpc) is 2.26.